The number of aryl methyl sites for hydroxylation is 1. The molecule has 3 rings (SSSR count). The Morgan fingerprint density at radius 1 is 1.22 bits per heavy atom. The molecular weight excluding hydrogens is 226 g/mol. The molecule has 3 aromatic rings. The standard InChI is InChI=1S/C14H11N3O/c1-10-3-2-4-11(5-10)12-6-15-14-13(9-18)7-16-17(14)8-12/h2-9H,1H3. The quantitative estimate of drug-likeness (QED) is 0.643. The molecule has 2 heterocycles. The lowest BCUT2D eigenvalue weighted by Crippen LogP contribution is -1.92. The predicted molar refractivity (Wildman–Crippen MR) is 68.5 cm³/mol. The number of aromatic nitrogens is 3. The van der Waals surface area contributed by atoms with E-state index < -0.39 is 0 Å². The molecule has 4 heteroatoms. The van der Waals surface area contributed by atoms with Gasteiger partial charge in [0.2, 0.25) is 0 Å². The Balaban J connectivity index is 2.16. The molecule has 18 heavy (non-hydrogen) atoms. The predicted octanol–water partition coefficient (Wildman–Crippen LogP) is 2.52. The number of hydrogen-bond donors (Lipinski definition) is 0. The van der Waals surface area contributed by atoms with E-state index in [9.17, 15) is 4.79 Å². The van der Waals surface area contributed by atoms with Crippen LogP contribution in [-0.4, -0.2) is 20.9 Å². The van der Waals surface area contributed by atoms with Gasteiger partial charge in [-0.25, -0.2) is 9.50 Å². The van der Waals surface area contributed by atoms with Crippen LogP contribution >= 0.6 is 0 Å². The van der Waals surface area contributed by atoms with Crippen LogP contribution in [0.1, 0.15) is 15.9 Å². The minimum atomic E-state index is 0.505. The van der Waals surface area contributed by atoms with Crippen molar-refractivity contribution in [3.8, 4) is 11.1 Å². The fraction of sp³-hybridized carbons (Fsp3) is 0.0714. The van der Waals surface area contributed by atoms with E-state index in [0.717, 1.165) is 17.4 Å². The first-order valence-electron chi connectivity index (χ1n) is 5.63. The van der Waals surface area contributed by atoms with Crippen LogP contribution in [0.15, 0.2) is 42.9 Å². The van der Waals surface area contributed by atoms with E-state index in [1.54, 1.807) is 10.7 Å². The van der Waals surface area contributed by atoms with E-state index in [2.05, 4.69) is 16.1 Å². The highest BCUT2D eigenvalue weighted by Crippen LogP contribution is 2.20. The highest BCUT2D eigenvalue weighted by atomic mass is 16.1. The van der Waals surface area contributed by atoms with Gasteiger partial charge in [0, 0.05) is 18.0 Å². The first-order valence-corrected chi connectivity index (χ1v) is 5.63. The Morgan fingerprint density at radius 3 is 2.89 bits per heavy atom. The molecule has 4 nitrogen and oxygen atoms in total. The first-order chi connectivity index (χ1) is 8.78. The lowest BCUT2D eigenvalue weighted by Gasteiger charge is -2.03. The van der Waals surface area contributed by atoms with Gasteiger partial charge >= 0.3 is 0 Å². The highest BCUT2D eigenvalue weighted by Gasteiger charge is 2.06. The van der Waals surface area contributed by atoms with Crippen LogP contribution in [0.2, 0.25) is 0 Å². The minimum absolute atomic E-state index is 0.505. The molecule has 0 spiro atoms. The summed E-state index contributed by atoms with van der Waals surface area (Å²) in [7, 11) is 0. The van der Waals surface area contributed by atoms with Gasteiger partial charge in [-0.1, -0.05) is 29.8 Å². The third-order valence-electron chi connectivity index (χ3n) is 2.86. The average Bonchev–Trinajstić information content (AvgIpc) is 2.80. The number of carbonyl (C=O) groups excluding carboxylic acids is 1. The number of fused-ring (bicyclic) bond motifs is 1. The zero-order chi connectivity index (χ0) is 12.5. The number of benzene rings is 1. The van der Waals surface area contributed by atoms with Gasteiger partial charge in [-0.15, -0.1) is 0 Å². The Morgan fingerprint density at radius 2 is 2.11 bits per heavy atom. The maximum atomic E-state index is 10.8. The molecule has 88 valence electrons. The number of aldehydes is 1. The van der Waals surface area contributed by atoms with Crippen LogP contribution in [0.4, 0.5) is 0 Å². The van der Waals surface area contributed by atoms with E-state index in [-0.39, 0.29) is 0 Å². The average molecular weight is 237 g/mol. The summed E-state index contributed by atoms with van der Waals surface area (Å²) in [5.41, 5.74) is 4.35. The summed E-state index contributed by atoms with van der Waals surface area (Å²) in [6, 6.07) is 8.18. The molecular formula is C14H11N3O. The van der Waals surface area contributed by atoms with Crippen molar-refractivity contribution in [2.45, 2.75) is 6.92 Å². The van der Waals surface area contributed by atoms with Crippen molar-refractivity contribution in [2.24, 2.45) is 0 Å². The topological polar surface area (TPSA) is 47.3 Å². The Labute approximate surface area is 104 Å². The molecule has 0 saturated carbocycles. The van der Waals surface area contributed by atoms with Gasteiger partial charge in [0.05, 0.1) is 11.8 Å². The number of carbonyl (C=O) groups is 1. The van der Waals surface area contributed by atoms with Gasteiger partial charge in [0.25, 0.3) is 0 Å². The third-order valence-corrected chi connectivity index (χ3v) is 2.86. The molecule has 0 atom stereocenters. The molecule has 0 unspecified atom stereocenters. The second kappa shape index (κ2) is 4.07. The lowest BCUT2D eigenvalue weighted by atomic mass is 10.1. The van der Waals surface area contributed by atoms with Crippen LogP contribution in [0.3, 0.4) is 0 Å². The SMILES string of the molecule is Cc1cccc(-c2cnc3c(C=O)cnn3c2)c1. The Hall–Kier alpha value is -2.49. The summed E-state index contributed by atoms with van der Waals surface area (Å²) in [5.74, 6) is 0. The maximum absolute atomic E-state index is 10.8. The number of rotatable bonds is 2. The Kier molecular flexibility index (Phi) is 2.41. The van der Waals surface area contributed by atoms with Gasteiger partial charge in [-0.05, 0) is 12.5 Å². The first kappa shape index (κ1) is 10.7. The van der Waals surface area contributed by atoms with Gasteiger partial charge in [-0.2, -0.15) is 5.10 Å². The van der Waals surface area contributed by atoms with Crippen molar-refractivity contribution in [2.75, 3.05) is 0 Å². The summed E-state index contributed by atoms with van der Waals surface area (Å²) in [4.78, 5) is 15.1. The van der Waals surface area contributed by atoms with Gasteiger partial charge in [0.1, 0.15) is 0 Å². The van der Waals surface area contributed by atoms with Crippen molar-refractivity contribution >= 4 is 11.9 Å². The van der Waals surface area contributed by atoms with Crippen LogP contribution in [-0.2, 0) is 0 Å². The summed E-state index contributed by atoms with van der Waals surface area (Å²) in [5, 5.41) is 4.12. The largest absolute Gasteiger partial charge is 0.298 e. The van der Waals surface area contributed by atoms with E-state index >= 15 is 0 Å². The monoisotopic (exact) mass is 237 g/mol. The van der Waals surface area contributed by atoms with Crippen molar-refractivity contribution in [3.63, 3.8) is 0 Å². The van der Waals surface area contributed by atoms with Crippen molar-refractivity contribution < 1.29 is 4.79 Å². The summed E-state index contributed by atoms with van der Waals surface area (Å²) >= 11 is 0. The summed E-state index contributed by atoms with van der Waals surface area (Å²) in [6.45, 7) is 2.05. The normalized spacial score (nSPS) is 10.7. The summed E-state index contributed by atoms with van der Waals surface area (Å²) in [6.07, 6.45) is 5.93. The molecule has 2 aromatic heterocycles. The van der Waals surface area contributed by atoms with E-state index in [1.165, 1.54) is 11.8 Å². The third kappa shape index (κ3) is 1.68. The smallest absolute Gasteiger partial charge is 0.165 e. The summed E-state index contributed by atoms with van der Waals surface area (Å²) < 4.78 is 1.63. The van der Waals surface area contributed by atoms with E-state index in [1.807, 2.05) is 31.3 Å². The molecule has 0 aliphatic carbocycles. The van der Waals surface area contributed by atoms with Gasteiger partial charge in [0.15, 0.2) is 11.9 Å². The van der Waals surface area contributed by atoms with Crippen molar-refractivity contribution in [1.82, 2.24) is 14.6 Å². The second-order valence-electron chi connectivity index (χ2n) is 4.20. The molecule has 0 saturated heterocycles. The van der Waals surface area contributed by atoms with Gasteiger partial charge in [-0.3, -0.25) is 4.79 Å². The molecule has 0 aliphatic heterocycles. The molecule has 0 aliphatic rings. The number of nitrogens with zero attached hydrogens (tertiary/aromatic N) is 3. The van der Waals surface area contributed by atoms with Crippen LogP contribution in [0, 0.1) is 6.92 Å². The number of hydrogen-bond acceptors (Lipinski definition) is 3. The molecule has 0 bridgehead atoms. The van der Waals surface area contributed by atoms with Gasteiger partial charge < -0.3 is 0 Å². The van der Waals surface area contributed by atoms with Crippen LogP contribution in [0.25, 0.3) is 16.8 Å². The molecule has 0 amide bonds. The minimum Gasteiger partial charge on any atom is -0.298 e. The Bertz CT molecular complexity index is 731. The second-order valence-corrected chi connectivity index (χ2v) is 4.20. The zero-order valence-corrected chi connectivity index (χ0v) is 9.87. The maximum Gasteiger partial charge on any atom is 0.165 e. The zero-order valence-electron chi connectivity index (χ0n) is 9.87. The van der Waals surface area contributed by atoms with Crippen molar-refractivity contribution in [1.29, 1.82) is 0 Å². The molecule has 0 N–H and O–H groups in total. The van der Waals surface area contributed by atoms with Crippen LogP contribution < -0.4 is 0 Å². The van der Waals surface area contributed by atoms with E-state index in [0.29, 0.717) is 11.2 Å². The fourth-order valence-electron chi connectivity index (χ4n) is 1.95. The van der Waals surface area contributed by atoms with Crippen LogP contribution in [0.5, 0.6) is 0 Å². The van der Waals surface area contributed by atoms with E-state index in [4.69, 9.17) is 0 Å². The lowest BCUT2D eigenvalue weighted by molar-refractivity contribution is 0.112. The molecule has 0 radical (unpaired) electrons. The fourth-order valence-corrected chi connectivity index (χ4v) is 1.95. The molecule has 1 aromatic carbocycles. The highest BCUT2D eigenvalue weighted by molar-refractivity contribution is 5.83. The molecule has 0 fully saturated rings. The van der Waals surface area contributed by atoms with Crippen molar-refractivity contribution in [3.05, 3.63) is 54.0 Å².